The molecule has 0 aliphatic rings. The van der Waals surface area contributed by atoms with E-state index in [0.717, 1.165) is 59.7 Å². The quantitative estimate of drug-likeness (QED) is 0.0794. The highest BCUT2D eigenvalue weighted by Gasteiger charge is 2.17. The van der Waals surface area contributed by atoms with Crippen LogP contribution in [0.4, 0.5) is 11.4 Å². The van der Waals surface area contributed by atoms with Crippen molar-refractivity contribution < 1.29 is 23.5 Å². The maximum absolute atomic E-state index is 13.9. The SMILES string of the molecule is CCCCCCOc1cc(N(CC)CC)ccc1/C=C(\C(=O)Nc1ccccc1)c1cc[n+](Cc2cc[n+](CC(C)=O)cc2)cc1. The molecular formula is C39H48N4O3+2. The van der Waals surface area contributed by atoms with E-state index in [1.54, 1.807) is 6.92 Å². The minimum absolute atomic E-state index is 0.119. The second-order valence-electron chi connectivity index (χ2n) is 11.5. The van der Waals surface area contributed by atoms with Gasteiger partial charge >= 0.3 is 0 Å². The summed E-state index contributed by atoms with van der Waals surface area (Å²) in [7, 11) is 0. The van der Waals surface area contributed by atoms with Crippen LogP contribution in [0.3, 0.4) is 0 Å². The van der Waals surface area contributed by atoms with E-state index in [-0.39, 0.29) is 11.7 Å². The molecule has 0 saturated heterocycles. The minimum atomic E-state index is -0.191. The number of Topliss-reactive ketones (excluding diaryl/α,β-unsaturated/α-hetero) is 1. The number of nitrogens with zero attached hydrogens (tertiary/aromatic N) is 3. The number of para-hydroxylation sites is 1. The molecule has 0 aliphatic heterocycles. The Labute approximate surface area is 274 Å². The van der Waals surface area contributed by atoms with E-state index < -0.39 is 0 Å². The van der Waals surface area contributed by atoms with Crippen LogP contribution in [0.5, 0.6) is 5.75 Å². The van der Waals surface area contributed by atoms with Gasteiger partial charge in [0.2, 0.25) is 6.54 Å². The van der Waals surface area contributed by atoms with Crippen LogP contribution in [0.25, 0.3) is 11.6 Å². The molecule has 7 heteroatoms. The van der Waals surface area contributed by atoms with E-state index in [0.29, 0.717) is 25.3 Å². The molecule has 0 radical (unpaired) electrons. The van der Waals surface area contributed by atoms with Crippen molar-refractivity contribution in [1.82, 2.24) is 0 Å². The normalized spacial score (nSPS) is 11.3. The van der Waals surface area contributed by atoms with Gasteiger partial charge in [-0.3, -0.25) is 9.59 Å². The van der Waals surface area contributed by atoms with E-state index in [4.69, 9.17) is 4.74 Å². The van der Waals surface area contributed by atoms with Crippen molar-refractivity contribution in [2.75, 3.05) is 29.9 Å². The van der Waals surface area contributed by atoms with Gasteiger partial charge in [0, 0.05) is 78.4 Å². The van der Waals surface area contributed by atoms with Gasteiger partial charge in [0.25, 0.3) is 5.91 Å². The molecule has 0 unspecified atom stereocenters. The molecule has 7 nitrogen and oxygen atoms in total. The van der Waals surface area contributed by atoms with Gasteiger partial charge in [-0.2, -0.15) is 4.57 Å². The Morgan fingerprint density at radius 2 is 1.52 bits per heavy atom. The summed E-state index contributed by atoms with van der Waals surface area (Å²) in [6.07, 6.45) is 14.3. The Hall–Kier alpha value is -4.78. The highest BCUT2D eigenvalue weighted by molar-refractivity contribution is 6.29. The third-order valence-electron chi connectivity index (χ3n) is 7.89. The summed E-state index contributed by atoms with van der Waals surface area (Å²) in [5.74, 6) is 0.708. The van der Waals surface area contributed by atoms with Crippen LogP contribution >= 0.6 is 0 Å². The number of hydrogen-bond acceptors (Lipinski definition) is 4. The molecule has 0 fully saturated rings. The van der Waals surface area contributed by atoms with Gasteiger partial charge < -0.3 is 15.0 Å². The third kappa shape index (κ3) is 10.1. The van der Waals surface area contributed by atoms with Crippen molar-refractivity contribution >= 4 is 34.7 Å². The van der Waals surface area contributed by atoms with Crippen molar-refractivity contribution in [3.63, 3.8) is 0 Å². The van der Waals surface area contributed by atoms with Crippen molar-refractivity contribution in [2.24, 2.45) is 0 Å². The van der Waals surface area contributed by atoms with E-state index in [9.17, 15) is 9.59 Å². The second kappa shape index (κ2) is 17.6. The zero-order valence-electron chi connectivity index (χ0n) is 27.7. The first-order valence-corrected chi connectivity index (χ1v) is 16.5. The van der Waals surface area contributed by atoms with Crippen molar-refractivity contribution in [3.8, 4) is 5.75 Å². The number of carbonyl (C=O) groups is 2. The molecular weight excluding hydrogens is 572 g/mol. The number of nitrogens with one attached hydrogen (secondary N) is 1. The summed E-state index contributed by atoms with van der Waals surface area (Å²) in [6.45, 7) is 11.6. The van der Waals surface area contributed by atoms with Gasteiger partial charge in [0.1, 0.15) is 5.75 Å². The lowest BCUT2D eigenvalue weighted by atomic mass is 10.0. The van der Waals surface area contributed by atoms with Crippen LogP contribution in [-0.4, -0.2) is 31.4 Å². The maximum Gasteiger partial charge on any atom is 0.256 e. The van der Waals surface area contributed by atoms with E-state index in [2.05, 4.69) is 53.8 Å². The highest BCUT2D eigenvalue weighted by atomic mass is 16.5. The molecule has 2 aromatic carbocycles. The van der Waals surface area contributed by atoms with Crippen LogP contribution in [0.2, 0.25) is 0 Å². The van der Waals surface area contributed by atoms with Crippen LogP contribution in [0, 0.1) is 0 Å². The van der Waals surface area contributed by atoms with Gasteiger partial charge in [0.15, 0.2) is 37.1 Å². The average molecular weight is 621 g/mol. The fraction of sp³-hybridized carbons (Fsp3) is 0.333. The molecule has 2 heterocycles. The first-order valence-electron chi connectivity index (χ1n) is 16.5. The van der Waals surface area contributed by atoms with Gasteiger partial charge in [-0.1, -0.05) is 44.4 Å². The zero-order valence-corrected chi connectivity index (χ0v) is 27.7. The first kappa shape index (κ1) is 34.1. The molecule has 0 aliphatic carbocycles. The molecule has 46 heavy (non-hydrogen) atoms. The first-order chi connectivity index (χ1) is 22.4. The fourth-order valence-electron chi connectivity index (χ4n) is 5.33. The van der Waals surface area contributed by atoms with Crippen LogP contribution < -0.4 is 24.1 Å². The Morgan fingerprint density at radius 1 is 0.826 bits per heavy atom. The van der Waals surface area contributed by atoms with Crippen LogP contribution in [0.1, 0.15) is 70.1 Å². The molecule has 0 saturated carbocycles. The largest absolute Gasteiger partial charge is 0.493 e. The van der Waals surface area contributed by atoms with Crippen molar-refractivity contribution in [3.05, 3.63) is 114 Å². The van der Waals surface area contributed by atoms with Crippen LogP contribution in [0.15, 0.2) is 97.6 Å². The number of ketones is 1. The molecule has 0 spiro atoms. The predicted molar refractivity (Wildman–Crippen MR) is 186 cm³/mol. The Morgan fingerprint density at radius 3 is 2.17 bits per heavy atom. The lowest BCUT2D eigenvalue weighted by Crippen LogP contribution is -2.37. The number of amides is 1. The lowest BCUT2D eigenvalue weighted by molar-refractivity contribution is -0.691. The number of carbonyl (C=O) groups excluding carboxylic acids is 2. The summed E-state index contributed by atoms with van der Waals surface area (Å²) < 4.78 is 10.3. The van der Waals surface area contributed by atoms with Gasteiger partial charge in [0.05, 0.1) is 6.61 Å². The number of benzene rings is 2. The number of aromatic nitrogens is 2. The van der Waals surface area contributed by atoms with E-state index >= 15 is 0 Å². The van der Waals surface area contributed by atoms with E-state index in [1.807, 2.05) is 90.0 Å². The topological polar surface area (TPSA) is 66.4 Å². The highest BCUT2D eigenvalue weighted by Crippen LogP contribution is 2.30. The minimum Gasteiger partial charge on any atom is -0.493 e. The van der Waals surface area contributed by atoms with Crippen molar-refractivity contribution in [2.45, 2.75) is 66.5 Å². The fourth-order valence-corrected chi connectivity index (χ4v) is 5.33. The van der Waals surface area contributed by atoms with E-state index in [1.165, 1.54) is 12.8 Å². The Balaban J connectivity index is 1.66. The molecule has 0 atom stereocenters. The Kier molecular flexibility index (Phi) is 13.1. The monoisotopic (exact) mass is 620 g/mol. The molecule has 4 aromatic rings. The smallest absolute Gasteiger partial charge is 0.256 e. The summed E-state index contributed by atoms with van der Waals surface area (Å²) >= 11 is 0. The summed E-state index contributed by atoms with van der Waals surface area (Å²) in [6, 6.07) is 23.8. The average Bonchev–Trinajstić information content (AvgIpc) is 3.06. The summed E-state index contributed by atoms with van der Waals surface area (Å²) in [4.78, 5) is 27.6. The van der Waals surface area contributed by atoms with Crippen molar-refractivity contribution in [1.29, 1.82) is 0 Å². The number of hydrogen-bond donors (Lipinski definition) is 1. The number of ether oxygens (including phenoxy) is 1. The molecule has 4 rings (SSSR count). The number of rotatable bonds is 17. The van der Waals surface area contributed by atoms with Gasteiger partial charge in [-0.25, -0.2) is 4.57 Å². The number of anilines is 2. The molecule has 240 valence electrons. The van der Waals surface area contributed by atoms with Gasteiger partial charge in [-0.05, 0) is 56.2 Å². The summed E-state index contributed by atoms with van der Waals surface area (Å²) in [5.41, 5.74) is 5.18. The summed E-state index contributed by atoms with van der Waals surface area (Å²) in [5, 5.41) is 3.08. The molecule has 0 bridgehead atoms. The molecule has 1 amide bonds. The number of unbranched alkanes of at least 4 members (excludes halogenated alkanes) is 3. The Bertz CT molecular complexity index is 1580. The maximum atomic E-state index is 13.9. The second-order valence-corrected chi connectivity index (χ2v) is 11.5. The third-order valence-corrected chi connectivity index (χ3v) is 7.89. The molecule has 1 N–H and O–H groups in total. The predicted octanol–water partition coefficient (Wildman–Crippen LogP) is 6.88. The lowest BCUT2D eigenvalue weighted by Gasteiger charge is -2.22. The zero-order chi connectivity index (χ0) is 32.7. The number of pyridine rings is 2. The standard InChI is InChI=1S/C39H47N4O3/c1-5-8-9-13-26-46-38-28-36(43(6-2)7-3)17-16-34(38)27-37(39(45)40-35-14-11-10-12-15-35)33-20-24-42(25-21-33)30-32-18-22-41(23-19-32)29-31(4)44/h10-12,14-25,27-28H,5-9,13,26,29-30H2,1-4H3/q+1/p+1. The van der Waals surface area contributed by atoms with Crippen LogP contribution in [-0.2, 0) is 22.7 Å². The molecule has 2 aromatic heterocycles. The van der Waals surface area contributed by atoms with Gasteiger partial charge in [-0.15, -0.1) is 0 Å².